The molecule has 3 nitrogen and oxygen atoms in total. The Hall–Kier alpha value is 0.180. The molecule has 0 heterocycles. The lowest BCUT2D eigenvalue weighted by atomic mass is 10.4. The second-order valence-electron chi connectivity index (χ2n) is 3.32. The Balaban J connectivity index is 4.24. The van der Waals surface area contributed by atoms with Crippen molar-refractivity contribution in [2.45, 2.75) is 13.1 Å². The summed E-state index contributed by atoms with van der Waals surface area (Å²) in [5, 5.41) is 0.384. The van der Waals surface area contributed by atoms with Crippen molar-refractivity contribution < 1.29 is 21.6 Å². The molecule has 16 heavy (non-hydrogen) atoms. The van der Waals surface area contributed by atoms with Crippen molar-refractivity contribution in [3.05, 3.63) is 0 Å². The number of sulfone groups is 1. The number of hydrogen-bond donors (Lipinski definition) is 0. The summed E-state index contributed by atoms with van der Waals surface area (Å²) in [6.07, 6.45) is -4.29. The van der Waals surface area contributed by atoms with E-state index < -0.39 is 22.6 Å². The van der Waals surface area contributed by atoms with Crippen LogP contribution >= 0.6 is 15.9 Å². The number of rotatable bonds is 7. The first-order valence-electron chi connectivity index (χ1n) is 4.75. The zero-order chi connectivity index (χ0) is 12.8. The molecule has 0 saturated heterocycles. The Morgan fingerprint density at radius 3 is 2.19 bits per heavy atom. The highest BCUT2D eigenvalue weighted by atomic mass is 79.9. The van der Waals surface area contributed by atoms with E-state index in [0.717, 1.165) is 4.90 Å². The molecule has 0 aromatic rings. The van der Waals surface area contributed by atoms with Crippen molar-refractivity contribution in [3.63, 3.8) is 0 Å². The average molecular weight is 326 g/mol. The lowest BCUT2D eigenvalue weighted by Gasteiger charge is -2.22. The Morgan fingerprint density at radius 1 is 1.25 bits per heavy atom. The van der Waals surface area contributed by atoms with Crippen molar-refractivity contribution in [1.82, 2.24) is 4.90 Å². The van der Waals surface area contributed by atoms with Crippen LogP contribution in [0.4, 0.5) is 13.2 Å². The maximum atomic E-state index is 12.1. The van der Waals surface area contributed by atoms with Gasteiger partial charge in [-0.1, -0.05) is 22.9 Å². The number of hydrogen-bond acceptors (Lipinski definition) is 3. The summed E-state index contributed by atoms with van der Waals surface area (Å²) in [5.74, 6) is -0.270. The van der Waals surface area contributed by atoms with Crippen LogP contribution in [0.3, 0.4) is 0 Å². The van der Waals surface area contributed by atoms with Gasteiger partial charge in [0.15, 0.2) is 9.84 Å². The number of alkyl halides is 4. The lowest BCUT2D eigenvalue weighted by Crippen LogP contribution is -2.38. The molecule has 0 aliphatic rings. The average Bonchev–Trinajstić information content (AvgIpc) is 2.13. The van der Waals surface area contributed by atoms with Crippen molar-refractivity contribution >= 4 is 25.8 Å². The van der Waals surface area contributed by atoms with Gasteiger partial charge < -0.3 is 0 Å². The zero-order valence-corrected chi connectivity index (χ0v) is 11.3. The van der Waals surface area contributed by atoms with E-state index in [-0.39, 0.29) is 24.6 Å². The summed E-state index contributed by atoms with van der Waals surface area (Å²) >= 11 is 3.04. The van der Waals surface area contributed by atoms with Crippen LogP contribution in [0.2, 0.25) is 0 Å². The summed E-state index contributed by atoms with van der Waals surface area (Å²) in [4.78, 5) is 1.09. The summed E-state index contributed by atoms with van der Waals surface area (Å²) in [6.45, 7) is 0.506. The van der Waals surface area contributed by atoms with Gasteiger partial charge in [-0.15, -0.1) is 0 Å². The van der Waals surface area contributed by atoms with Gasteiger partial charge in [-0.05, 0) is 0 Å². The number of nitrogens with zero attached hydrogens (tertiary/aromatic N) is 1. The monoisotopic (exact) mass is 325 g/mol. The van der Waals surface area contributed by atoms with Gasteiger partial charge in [0.2, 0.25) is 0 Å². The normalized spacial score (nSPS) is 13.4. The fraction of sp³-hybridized carbons (Fsp3) is 1.00. The molecule has 0 radical (unpaired) electrons. The molecule has 0 aromatic carbocycles. The van der Waals surface area contributed by atoms with Crippen LogP contribution in [0, 0.1) is 0 Å². The van der Waals surface area contributed by atoms with E-state index in [1.807, 2.05) is 0 Å². The van der Waals surface area contributed by atoms with Gasteiger partial charge in [-0.2, -0.15) is 13.2 Å². The van der Waals surface area contributed by atoms with Crippen molar-refractivity contribution in [3.8, 4) is 0 Å². The fourth-order valence-electron chi connectivity index (χ4n) is 1.06. The molecule has 0 aliphatic heterocycles. The Bertz CT molecular complexity index is 292. The topological polar surface area (TPSA) is 37.4 Å². The molecule has 0 bridgehead atoms. The molecule has 0 fully saturated rings. The molecular formula is C8H15BrF3NO2S. The molecule has 0 spiro atoms. The van der Waals surface area contributed by atoms with E-state index in [9.17, 15) is 21.6 Å². The third kappa shape index (κ3) is 8.35. The van der Waals surface area contributed by atoms with Gasteiger partial charge in [0.25, 0.3) is 0 Å². The third-order valence-electron chi connectivity index (χ3n) is 1.96. The molecule has 0 unspecified atom stereocenters. The van der Waals surface area contributed by atoms with Gasteiger partial charge in [0.05, 0.1) is 12.3 Å². The number of halogens is 4. The SMILES string of the molecule is CCS(=O)(=O)CCN(CCBr)CC(F)(F)F. The standard InChI is InChI=1S/C8H15BrF3NO2S/c1-2-16(14,15)6-5-13(4-3-9)7-8(10,11)12/h2-7H2,1H3. The van der Waals surface area contributed by atoms with Crippen LogP contribution in [0.15, 0.2) is 0 Å². The summed E-state index contributed by atoms with van der Waals surface area (Å²) in [5.41, 5.74) is 0. The third-order valence-corrected chi connectivity index (χ3v) is 4.00. The first kappa shape index (κ1) is 16.2. The van der Waals surface area contributed by atoms with Crippen LogP contribution < -0.4 is 0 Å². The Labute approximate surface area is 102 Å². The van der Waals surface area contributed by atoms with Gasteiger partial charge in [-0.25, -0.2) is 8.42 Å². The molecule has 0 saturated carbocycles. The molecule has 8 heteroatoms. The molecule has 98 valence electrons. The van der Waals surface area contributed by atoms with Crippen molar-refractivity contribution in [2.24, 2.45) is 0 Å². The van der Waals surface area contributed by atoms with E-state index in [4.69, 9.17) is 0 Å². The molecular weight excluding hydrogens is 311 g/mol. The quantitative estimate of drug-likeness (QED) is 0.668. The van der Waals surface area contributed by atoms with Crippen LogP contribution in [-0.2, 0) is 9.84 Å². The summed E-state index contributed by atoms with van der Waals surface area (Å²) < 4.78 is 58.7. The highest BCUT2D eigenvalue weighted by Crippen LogP contribution is 2.16. The van der Waals surface area contributed by atoms with Gasteiger partial charge in [-0.3, -0.25) is 4.90 Å². The Morgan fingerprint density at radius 2 is 1.81 bits per heavy atom. The molecule has 0 N–H and O–H groups in total. The van der Waals surface area contributed by atoms with Crippen LogP contribution in [-0.4, -0.2) is 56.0 Å². The second kappa shape index (κ2) is 6.80. The smallest absolute Gasteiger partial charge is 0.293 e. The van der Waals surface area contributed by atoms with Gasteiger partial charge in [0, 0.05) is 24.2 Å². The minimum absolute atomic E-state index is 0.0405. The first-order chi connectivity index (χ1) is 7.20. The van der Waals surface area contributed by atoms with E-state index in [2.05, 4.69) is 15.9 Å². The minimum atomic E-state index is -4.29. The lowest BCUT2D eigenvalue weighted by molar-refractivity contribution is -0.144. The predicted molar refractivity (Wildman–Crippen MR) is 60.6 cm³/mol. The molecule has 0 amide bonds. The van der Waals surface area contributed by atoms with Crippen LogP contribution in [0.1, 0.15) is 6.92 Å². The second-order valence-corrected chi connectivity index (χ2v) is 6.58. The highest BCUT2D eigenvalue weighted by Gasteiger charge is 2.30. The largest absolute Gasteiger partial charge is 0.401 e. The molecule has 0 atom stereocenters. The summed E-state index contributed by atoms with van der Waals surface area (Å²) in [6, 6.07) is 0. The van der Waals surface area contributed by atoms with E-state index in [0.29, 0.717) is 5.33 Å². The maximum Gasteiger partial charge on any atom is 0.401 e. The molecule has 0 aliphatic carbocycles. The van der Waals surface area contributed by atoms with E-state index in [1.54, 1.807) is 0 Å². The first-order valence-corrected chi connectivity index (χ1v) is 7.70. The van der Waals surface area contributed by atoms with Crippen molar-refractivity contribution in [2.75, 3.05) is 36.5 Å². The summed E-state index contributed by atoms with van der Waals surface area (Å²) in [7, 11) is -3.21. The van der Waals surface area contributed by atoms with Gasteiger partial charge >= 0.3 is 6.18 Å². The van der Waals surface area contributed by atoms with Crippen molar-refractivity contribution in [1.29, 1.82) is 0 Å². The van der Waals surface area contributed by atoms with E-state index in [1.165, 1.54) is 6.92 Å². The van der Waals surface area contributed by atoms with Crippen LogP contribution in [0.25, 0.3) is 0 Å². The van der Waals surface area contributed by atoms with Gasteiger partial charge in [0.1, 0.15) is 0 Å². The maximum absolute atomic E-state index is 12.1. The Kier molecular flexibility index (Phi) is 6.88. The minimum Gasteiger partial charge on any atom is -0.293 e. The fourth-order valence-corrected chi connectivity index (χ4v) is 2.38. The predicted octanol–water partition coefficient (Wildman–Crippen LogP) is 1.68. The van der Waals surface area contributed by atoms with E-state index >= 15 is 0 Å². The molecule has 0 aromatic heterocycles. The van der Waals surface area contributed by atoms with Crippen LogP contribution in [0.5, 0.6) is 0 Å². The zero-order valence-electron chi connectivity index (χ0n) is 8.93. The molecule has 0 rings (SSSR count). The highest BCUT2D eigenvalue weighted by molar-refractivity contribution is 9.09.